The van der Waals surface area contributed by atoms with Crippen molar-refractivity contribution in [2.24, 2.45) is 10.8 Å². The van der Waals surface area contributed by atoms with Crippen LogP contribution in [0.5, 0.6) is 0 Å². The van der Waals surface area contributed by atoms with Gasteiger partial charge in [0.05, 0.1) is 0 Å². The second-order valence-corrected chi connectivity index (χ2v) is 5.05. The van der Waals surface area contributed by atoms with Crippen molar-refractivity contribution in [1.82, 2.24) is 0 Å². The number of carbonyl (C=O) groups excluding carboxylic acids is 2. The average molecular weight is 349 g/mol. The van der Waals surface area contributed by atoms with E-state index in [0.717, 1.165) is 0 Å². The van der Waals surface area contributed by atoms with Crippen LogP contribution < -0.4 is 10.2 Å². The quantitative estimate of drug-likeness (QED) is 0.668. The number of hydrogen-bond donors (Lipinski definition) is 0. The number of carbonyl (C=O) groups is 2. The Bertz CT molecular complexity index is 221. The van der Waals surface area contributed by atoms with Gasteiger partial charge in [-0.2, -0.15) is 0 Å². The summed E-state index contributed by atoms with van der Waals surface area (Å²) in [5.74, 6) is -1.94. The molecule has 0 amide bonds. The minimum atomic E-state index is -0.972. The third-order valence-electron chi connectivity index (χ3n) is 2.87. The summed E-state index contributed by atoms with van der Waals surface area (Å²) in [7, 11) is 0. The molecule has 2 radical (unpaired) electrons. The Balaban J connectivity index is -0.000000218. The van der Waals surface area contributed by atoms with Crippen molar-refractivity contribution < 1.29 is 19.8 Å². The van der Waals surface area contributed by atoms with E-state index in [9.17, 15) is 19.8 Å². The van der Waals surface area contributed by atoms with Crippen molar-refractivity contribution in [3.63, 3.8) is 0 Å². The molecule has 0 aromatic heterocycles. The number of aliphatic carboxylic acids is 2. The van der Waals surface area contributed by atoms with E-state index in [1.807, 2.05) is 13.8 Å². The maximum absolute atomic E-state index is 10.1. The Morgan fingerprint density at radius 1 is 0.824 bits per heavy atom. The van der Waals surface area contributed by atoms with Gasteiger partial charge in [-0.05, 0) is 12.8 Å². The molecule has 5 heteroatoms. The summed E-state index contributed by atoms with van der Waals surface area (Å²) in [6.45, 7) is 10.3. The van der Waals surface area contributed by atoms with Crippen molar-refractivity contribution >= 4 is 35.8 Å². The molecular weight excluding hydrogens is 327 g/mol. The summed E-state index contributed by atoms with van der Waals surface area (Å²) >= 11 is 0. The minimum absolute atomic E-state index is 0. The molecule has 0 saturated heterocycles. The second-order valence-electron chi connectivity index (χ2n) is 5.05. The molecule has 0 aliphatic carbocycles. The van der Waals surface area contributed by atoms with Gasteiger partial charge in [-0.15, -0.1) is 0 Å². The largest absolute Gasteiger partial charge is 2.00 e. The SMILES string of the molecule is CCC(C)(C)C(=O)[O-].CCC(C)(C)C(=O)[O-].[Sn+2]. The zero-order chi connectivity index (χ0) is 13.6. The fourth-order valence-corrected chi connectivity index (χ4v) is 0.289. The number of rotatable bonds is 4. The van der Waals surface area contributed by atoms with Gasteiger partial charge in [0.15, 0.2) is 0 Å². The summed E-state index contributed by atoms with van der Waals surface area (Å²) in [6, 6.07) is 0. The van der Waals surface area contributed by atoms with E-state index < -0.39 is 22.8 Å². The minimum Gasteiger partial charge on any atom is -0.550 e. The molecule has 0 bridgehead atoms. The molecule has 98 valence electrons. The molecule has 0 fully saturated rings. The monoisotopic (exact) mass is 350 g/mol. The molecule has 17 heavy (non-hydrogen) atoms. The Morgan fingerprint density at radius 3 is 1.00 bits per heavy atom. The predicted molar refractivity (Wildman–Crippen MR) is 63.9 cm³/mol. The summed E-state index contributed by atoms with van der Waals surface area (Å²) in [5, 5.41) is 20.3. The van der Waals surface area contributed by atoms with Crippen molar-refractivity contribution in [2.45, 2.75) is 54.4 Å². The molecule has 0 unspecified atom stereocenters. The van der Waals surface area contributed by atoms with Gasteiger partial charge in [-0.3, -0.25) is 0 Å². The third kappa shape index (κ3) is 9.44. The normalized spacial score (nSPS) is 10.7. The van der Waals surface area contributed by atoms with Gasteiger partial charge in [0, 0.05) is 22.8 Å². The Hall–Kier alpha value is -0.261. The van der Waals surface area contributed by atoms with E-state index >= 15 is 0 Å². The van der Waals surface area contributed by atoms with Gasteiger partial charge in [0.2, 0.25) is 0 Å². The first-order valence-electron chi connectivity index (χ1n) is 5.44. The summed E-state index contributed by atoms with van der Waals surface area (Å²) < 4.78 is 0. The second kappa shape index (κ2) is 8.78. The van der Waals surface area contributed by atoms with E-state index in [0.29, 0.717) is 12.8 Å². The van der Waals surface area contributed by atoms with E-state index in [2.05, 4.69) is 0 Å². The van der Waals surface area contributed by atoms with Crippen LogP contribution in [-0.2, 0) is 9.59 Å². The zero-order valence-electron chi connectivity index (χ0n) is 11.5. The number of carboxylic acid groups (broad SMARTS) is 2. The van der Waals surface area contributed by atoms with Gasteiger partial charge < -0.3 is 19.8 Å². The molecule has 4 nitrogen and oxygen atoms in total. The fraction of sp³-hybridized carbons (Fsp3) is 0.833. The van der Waals surface area contributed by atoms with E-state index in [-0.39, 0.29) is 23.9 Å². The average Bonchev–Trinajstić information content (AvgIpc) is 2.18. The van der Waals surface area contributed by atoms with Gasteiger partial charge in [-0.1, -0.05) is 41.5 Å². The Kier molecular flexibility index (Phi) is 11.3. The number of carboxylic acids is 2. The summed E-state index contributed by atoms with van der Waals surface area (Å²) in [4.78, 5) is 20.3. The van der Waals surface area contributed by atoms with E-state index in [1.54, 1.807) is 27.7 Å². The molecule has 0 rings (SSSR count). The standard InChI is InChI=1S/2C6H12O2.Sn/c2*1-4-6(2,3)5(7)8;/h2*4H2,1-3H3,(H,7,8);/q;;+2/p-2. The molecule has 0 heterocycles. The summed E-state index contributed by atoms with van der Waals surface area (Å²) in [6.07, 6.45) is 1.24. The van der Waals surface area contributed by atoms with Crippen LogP contribution in [0.3, 0.4) is 0 Å². The Morgan fingerprint density at radius 2 is 1.00 bits per heavy atom. The molecule has 0 aliphatic heterocycles. The molecule has 0 N–H and O–H groups in total. The van der Waals surface area contributed by atoms with Crippen LogP contribution in [-0.4, -0.2) is 35.8 Å². The van der Waals surface area contributed by atoms with Crippen LogP contribution in [0.4, 0.5) is 0 Å². The molecule has 0 aliphatic rings. The van der Waals surface area contributed by atoms with Gasteiger partial charge in [0.25, 0.3) is 0 Å². The van der Waals surface area contributed by atoms with E-state index in [4.69, 9.17) is 0 Å². The third-order valence-corrected chi connectivity index (χ3v) is 2.87. The van der Waals surface area contributed by atoms with Crippen molar-refractivity contribution in [3.8, 4) is 0 Å². The molecular formula is C12H22O4Sn. The van der Waals surface area contributed by atoms with Crippen LogP contribution >= 0.6 is 0 Å². The van der Waals surface area contributed by atoms with Gasteiger partial charge >= 0.3 is 23.9 Å². The van der Waals surface area contributed by atoms with Crippen molar-refractivity contribution in [1.29, 1.82) is 0 Å². The van der Waals surface area contributed by atoms with E-state index in [1.165, 1.54) is 0 Å². The Labute approximate surface area is 121 Å². The number of hydrogen-bond acceptors (Lipinski definition) is 4. The maximum atomic E-state index is 10.1. The first kappa shape index (κ1) is 22.0. The van der Waals surface area contributed by atoms with Crippen LogP contribution in [0, 0.1) is 10.8 Å². The maximum Gasteiger partial charge on any atom is 2.00 e. The van der Waals surface area contributed by atoms with Crippen LogP contribution in [0.1, 0.15) is 54.4 Å². The first-order valence-corrected chi connectivity index (χ1v) is 5.44. The van der Waals surface area contributed by atoms with Crippen LogP contribution in [0.25, 0.3) is 0 Å². The fourth-order valence-electron chi connectivity index (χ4n) is 0.289. The molecule has 0 aromatic rings. The van der Waals surface area contributed by atoms with Crippen molar-refractivity contribution in [2.75, 3.05) is 0 Å². The van der Waals surface area contributed by atoms with Crippen LogP contribution in [0.2, 0.25) is 0 Å². The van der Waals surface area contributed by atoms with Gasteiger partial charge in [-0.25, -0.2) is 0 Å². The molecule has 0 saturated carbocycles. The topological polar surface area (TPSA) is 80.3 Å². The molecule has 0 spiro atoms. The van der Waals surface area contributed by atoms with Crippen LogP contribution in [0.15, 0.2) is 0 Å². The summed E-state index contributed by atoms with van der Waals surface area (Å²) in [5.41, 5.74) is -1.31. The molecule has 0 atom stereocenters. The smallest absolute Gasteiger partial charge is 0.550 e. The zero-order valence-corrected chi connectivity index (χ0v) is 14.4. The predicted octanol–water partition coefficient (Wildman–Crippen LogP) is -0.0358. The van der Waals surface area contributed by atoms with Crippen molar-refractivity contribution in [3.05, 3.63) is 0 Å². The first-order chi connectivity index (χ1) is 7.01. The molecule has 0 aromatic carbocycles. The van der Waals surface area contributed by atoms with Gasteiger partial charge in [0.1, 0.15) is 0 Å².